The third-order valence-corrected chi connectivity index (χ3v) is 9.25. The van der Waals surface area contributed by atoms with E-state index in [1.165, 1.54) is 12.1 Å². The van der Waals surface area contributed by atoms with Crippen molar-refractivity contribution in [2.45, 2.75) is 30.1 Å². The first-order valence-corrected chi connectivity index (χ1v) is 14.6. The quantitative estimate of drug-likeness (QED) is 0.424. The molecule has 0 radical (unpaired) electrons. The fourth-order valence-electron chi connectivity index (χ4n) is 5.36. The van der Waals surface area contributed by atoms with Crippen molar-refractivity contribution in [3.05, 3.63) is 93.0 Å². The molecule has 0 saturated carbocycles. The molecule has 1 saturated heterocycles. The van der Waals surface area contributed by atoms with Crippen LogP contribution in [0.3, 0.4) is 0 Å². The number of benzene rings is 3. The number of carbonyl (C=O) groups is 2. The van der Waals surface area contributed by atoms with E-state index in [2.05, 4.69) is 6.07 Å². The predicted molar refractivity (Wildman–Crippen MR) is 146 cm³/mol. The molecular formula is C28H26Cl2N2O4S. The molecular weight excluding hydrogens is 531 g/mol. The highest BCUT2D eigenvalue weighted by molar-refractivity contribution is 7.90. The van der Waals surface area contributed by atoms with Gasteiger partial charge < -0.3 is 9.80 Å². The molecule has 2 aliphatic heterocycles. The van der Waals surface area contributed by atoms with E-state index in [1.54, 1.807) is 40.1 Å². The van der Waals surface area contributed by atoms with Crippen LogP contribution in [0.15, 0.2) is 65.6 Å². The zero-order valence-electron chi connectivity index (χ0n) is 20.5. The second-order valence-electron chi connectivity index (χ2n) is 9.91. The number of sulfone groups is 1. The molecule has 2 aliphatic rings. The van der Waals surface area contributed by atoms with Gasteiger partial charge in [-0.25, -0.2) is 8.42 Å². The molecule has 6 nitrogen and oxygen atoms in total. The van der Waals surface area contributed by atoms with Crippen molar-refractivity contribution in [2.75, 3.05) is 30.8 Å². The number of piperidine rings is 1. The molecule has 37 heavy (non-hydrogen) atoms. The Kier molecular flexibility index (Phi) is 6.59. The Labute approximate surface area is 226 Å². The maximum Gasteiger partial charge on any atom is 0.258 e. The van der Waals surface area contributed by atoms with Crippen molar-refractivity contribution in [2.24, 2.45) is 0 Å². The van der Waals surface area contributed by atoms with Crippen molar-refractivity contribution in [1.29, 1.82) is 0 Å². The van der Waals surface area contributed by atoms with Crippen LogP contribution in [0.25, 0.3) is 0 Å². The normalized spacial score (nSPS) is 16.6. The molecule has 0 N–H and O–H groups in total. The fraction of sp³-hybridized carbons (Fsp3) is 0.286. The van der Waals surface area contributed by atoms with E-state index in [-0.39, 0.29) is 22.1 Å². The molecule has 0 unspecified atom stereocenters. The van der Waals surface area contributed by atoms with Gasteiger partial charge in [-0.1, -0.05) is 47.0 Å². The lowest BCUT2D eigenvalue weighted by molar-refractivity contribution is 0.0670. The van der Waals surface area contributed by atoms with Gasteiger partial charge in [0.05, 0.1) is 14.9 Å². The number of nitrogens with zero attached hydrogens (tertiary/aromatic N) is 2. The van der Waals surface area contributed by atoms with Gasteiger partial charge >= 0.3 is 0 Å². The summed E-state index contributed by atoms with van der Waals surface area (Å²) < 4.78 is 23.9. The maximum absolute atomic E-state index is 13.6. The van der Waals surface area contributed by atoms with Gasteiger partial charge in [0.2, 0.25) is 0 Å². The van der Waals surface area contributed by atoms with Crippen molar-refractivity contribution in [3.8, 4) is 0 Å². The van der Waals surface area contributed by atoms with E-state index in [1.807, 2.05) is 19.1 Å². The molecule has 0 aliphatic carbocycles. The minimum atomic E-state index is -3.41. The first kappa shape index (κ1) is 25.8. The Morgan fingerprint density at radius 1 is 0.865 bits per heavy atom. The number of rotatable bonds is 3. The molecule has 5 rings (SSSR count). The summed E-state index contributed by atoms with van der Waals surface area (Å²) in [6.07, 6.45) is 2.50. The smallest absolute Gasteiger partial charge is 0.258 e. The number of anilines is 1. The highest BCUT2D eigenvalue weighted by Crippen LogP contribution is 2.48. The van der Waals surface area contributed by atoms with E-state index >= 15 is 0 Å². The van der Waals surface area contributed by atoms with Crippen LogP contribution in [-0.2, 0) is 15.3 Å². The molecule has 1 spiro atoms. The van der Waals surface area contributed by atoms with Gasteiger partial charge in [-0.3, -0.25) is 9.59 Å². The SMILES string of the molecule is Cc1ccc2c(c1)C1(CCN(C(=O)c3cccc(S(C)(=O)=O)c3)CC1)CN2C(=O)c1ccc(Cl)c(Cl)c1. The summed E-state index contributed by atoms with van der Waals surface area (Å²) in [5.41, 5.74) is 3.65. The number of carbonyl (C=O) groups excluding carboxylic acids is 2. The van der Waals surface area contributed by atoms with Crippen LogP contribution in [0.5, 0.6) is 0 Å². The van der Waals surface area contributed by atoms with Crippen LogP contribution >= 0.6 is 23.2 Å². The Morgan fingerprint density at radius 2 is 1.57 bits per heavy atom. The van der Waals surface area contributed by atoms with Crippen LogP contribution < -0.4 is 4.90 Å². The molecule has 9 heteroatoms. The molecule has 2 amide bonds. The summed E-state index contributed by atoms with van der Waals surface area (Å²) in [4.78, 5) is 30.5. The average molecular weight is 557 g/mol. The zero-order chi connectivity index (χ0) is 26.5. The summed E-state index contributed by atoms with van der Waals surface area (Å²) in [5, 5.41) is 0.726. The average Bonchev–Trinajstić information content (AvgIpc) is 3.18. The molecule has 0 aromatic heterocycles. The van der Waals surface area contributed by atoms with Crippen LogP contribution in [0.2, 0.25) is 10.0 Å². The first-order chi connectivity index (χ1) is 17.5. The third-order valence-electron chi connectivity index (χ3n) is 7.40. The molecule has 0 bridgehead atoms. The van der Waals surface area contributed by atoms with Crippen molar-refractivity contribution >= 4 is 50.5 Å². The highest BCUT2D eigenvalue weighted by Gasteiger charge is 2.47. The van der Waals surface area contributed by atoms with E-state index in [9.17, 15) is 18.0 Å². The van der Waals surface area contributed by atoms with Gasteiger partial charge in [-0.05, 0) is 67.8 Å². The standard InChI is InChI=1S/C28H26Cl2N2O4S/c1-18-6-9-25-22(14-18)28(17-32(25)27(34)20-7-8-23(29)24(30)16-20)10-12-31(13-11-28)26(33)19-4-3-5-21(15-19)37(2,35)36/h3-9,14-16H,10-13,17H2,1-2H3. The van der Waals surface area contributed by atoms with Gasteiger partial charge in [-0.15, -0.1) is 0 Å². The monoisotopic (exact) mass is 556 g/mol. The lowest BCUT2D eigenvalue weighted by Crippen LogP contribution is -2.47. The number of halogens is 2. The fourth-order valence-corrected chi connectivity index (χ4v) is 6.32. The number of amides is 2. The summed E-state index contributed by atoms with van der Waals surface area (Å²) in [5.74, 6) is -0.330. The summed E-state index contributed by atoms with van der Waals surface area (Å²) >= 11 is 12.2. The van der Waals surface area contributed by atoms with E-state index < -0.39 is 9.84 Å². The number of hydrogen-bond donors (Lipinski definition) is 0. The lowest BCUT2D eigenvalue weighted by atomic mass is 9.74. The van der Waals surface area contributed by atoms with Crippen molar-refractivity contribution in [3.63, 3.8) is 0 Å². The van der Waals surface area contributed by atoms with E-state index in [4.69, 9.17) is 23.2 Å². The second-order valence-corrected chi connectivity index (χ2v) is 12.7. The van der Waals surface area contributed by atoms with Crippen LogP contribution in [0, 0.1) is 6.92 Å². The predicted octanol–water partition coefficient (Wildman–Crippen LogP) is 5.54. The van der Waals surface area contributed by atoms with E-state index in [0.29, 0.717) is 53.6 Å². The highest BCUT2D eigenvalue weighted by atomic mass is 35.5. The maximum atomic E-state index is 13.6. The molecule has 2 heterocycles. The topological polar surface area (TPSA) is 74.8 Å². The minimum Gasteiger partial charge on any atom is -0.339 e. The zero-order valence-corrected chi connectivity index (χ0v) is 22.8. The van der Waals surface area contributed by atoms with Crippen LogP contribution in [0.1, 0.15) is 44.7 Å². The second kappa shape index (κ2) is 9.46. The summed E-state index contributed by atoms with van der Waals surface area (Å²) in [6.45, 7) is 3.55. The van der Waals surface area contributed by atoms with Gasteiger partial charge in [0, 0.05) is 48.1 Å². The summed E-state index contributed by atoms with van der Waals surface area (Å²) in [6, 6.07) is 17.2. The number of aryl methyl sites for hydroxylation is 1. The van der Waals surface area contributed by atoms with Crippen molar-refractivity contribution in [1.82, 2.24) is 4.90 Å². The van der Waals surface area contributed by atoms with Gasteiger partial charge in [0.15, 0.2) is 9.84 Å². The number of hydrogen-bond acceptors (Lipinski definition) is 4. The van der Waals surface area contributed by atoms with Crippen LogP contribution in [-0.4, -0.2) is 51.0 Å². The van der Waals surface area contributed by atoms with Gasteiger partial charge in [-0.2, -0.15) is 0 Å². The molecule has 1 fully saturated rings. The van der Waals surface area contributed by atoms with Gasteiger partial charge in [0.1, 0.15) is 0 Å². The minimum absolute atomic E-state index is 0.128. The lowest BCUT2D eigenvalue weighted by Gasteiger charge is -2.40. The van der Waals surface area contributed by atoms with Gasteiger partial charge in [0.25, 0.3) is 11.8 Å². The summed E-state index contributed by atoms with van der Waals surface area (Å²) in [7, 11) is -3.41. The largest absolute Gasteiger partial charge is 0.339 e. The van der Waals surface area contributed by atoms with Crippen LogP contribution in [0.4, 0.5) is 5.69 Å². The van der Waals surface area contributed by atoms with E-state index in [0.717, 1.165) is 23.1 Å². The Bertz CT molecular complexity index is 1530. The molecule has 3 aromatic rings. The van der Waals surface area contributed by atoms with Crippen molar-refractivity contribution < 1.29 is 18.0 Å². The number of fused-ring (bicyclic) bond motifs is 2. The molecule has 3 aromatic carbocycles. The first-order valence-electron chi connectivity index (χ1n) is 12.0. The molecule has 192 valence electrons. The third kappa shape index (κ3) is 4.76. The number of likely N-dealkylation sites (tertiary alicyclic amines) is 1. The Morgan fingerprint density at radius 3 is 2.24 bits per heavy atom. The Hall–Kier alpha value is -2.87. The Balaban J connectivity index is 1.40. The molecule has 0 atom stereocenters.